The van der Waals surface area contributed by atoms with Crippen LogP contribution in [0.15, 0.2) is 66.1 Å². The maximum Gasteiger partial charge on any atom is 0.236 e. The van der Waals surface area contributed by atoms with Gasteiger partial charge in [-0.3, -0.25) is 0 Å². The van der Waals surface area contributed by atoms with Crippen molar-refractivity contribution in [2.75, 3.05) is 38.2 Å². The fourth-order valence-electron chi connectivity index (χ4n) is 2.86. The van der Waals surface area contributed by atoms with Crippen molar-refractivity contribution in [3.8, 4) is 17.6 Å². The molecule has 0 radical (unpaired) electrons. The molecular weight excluding hydrogens is 360 g/mol. The molecule has 0 amide bonds. The highest BCUT2D eigenvalue weighted by atomic mass is 32.2. The van der Waals surface area contributed by atoms with Crippen molar-refractivity contribution in [1.29, 1.82) is 0 Å². The predicted molar refractivity (Wildman–Crippen MR) is 108 cm³/mol. The molecule has 0 aliphatic carbocycles. The Kier molecular flexibility index (Phi) is 6.17. The highest BCUT2D eigenvalue weighted by molar-refractivity contribution is 7.92. The van der Waals surface area contributed by atoms with Gasteiger partial charge >= 0.3 is 0 Å². The second kappa shape index (κ2) is 8.76. The van der Waals surface area contributed by atoms with Crippen molar-refractivity contribution >= 4 is 15.7 Å². The molecule has 1 aliphatic heterocycles. The molecule has 0 spiro atoms. The molecule has 0 saturated carbocycles. The molecule has 0 N–H and O–H groups in total. The van der Waals surface area contributed by atoms with Gasteiger partial charge in [0, 0.05) is 49.6 Å². The van der Waals surface area contributed by atoms with Crippen molar-refractivity contribution in [2.24, 2.45) is 0 Å². The first-order valence-corrected chi connectivity index (χ1v) is 10.2. The summed E-state index contributed by atoms with van der Waals surface area (Å²) in [5, 5.41) is 1.18. The van der Waals surface area contributed by atoms with Gasteiger partial charge < -0.3 is 9.64 Å². The van der Waals surface area contributed by atoms with E-state index in [9.17, 15) is 8.42 Å². The maximum absolute atomic E-state index is 12.5. The number of methoxy groups -OCH3 is 1. The third-order valence-electron chi connectivity index (χ3n) is 4.33. The van der Waals surface area contributed by atoms with Crippen LogP contribution in [-0.4, -0.2) is 46.0 Å². The van der Waals surface area contributed by atoms with Crippen molar-refractivity contribution in [3.63, 3.8) is 0 Å². The van der Waals surface area contributed by atoms with Gasteiger partial charge in [-0.1, -0.05) is 36.1 Å². The van der Waals surface area contributed by atoms with Crippen LogP contribution in [0.2, 0.25) is 0 Å². The van der Waals surface area contributed by atoms with Crippen LogP contribution in [0.5, 0.6) is 5.75 Å². The smallest absolute Gasteiger partial charge is 0.236 e. The number of rotatable bonds is 4. The van der Waals surface area contributed by atoms with Crippen LogP contribution in [0.4, 0.5) is 5.69 Å². The van der Waals surface area contributed by atoms with E-state index >= 15 is 0 Å². The van der Waals surface area contributed by atoms with E-state index in [2.05, 4.69) is 16.7 Å². The first-order chi connectivity index (χ1) is 13.1. The van der Waals surface area contributed by atoms with E-state index in [1.54, 1.807) is 7.11 Å². The highest BCUT2D eigenvalue weighted by Crippen LogP contribution is 2.22. The Bertz CT molecular complexity index is 952. The minimum absolute atomic E-state index is 0.440. The molecule has 1 saturated heterocycles. The van der Waals surface area contributed by atoms with E-state index in [0.29, 0.717) is 26.2 Å². The molecular formula is C21H22N2O3S. The lowest BCUT2D eigenvalue weighted by molar-refractivity contribution is 0.389. The van der Waals surface area contributed by atoms with E-state index in [1.165, 1.54) is 15.8 Å². The zero-order chi connectivity index (χ0) is 19.1. The van der Waals surface area contributed by atoms with Gasteiger partial charge in [-0.2, -0.15) is 4.31 Å². The normalized spacial score (nSPS) is 15.4. The predicted octanol–water partition coefficient (Wildman–Crippen LogP) is 2.71. The molecule has 3 rings (SSSR count). The summed E-state index contributed by atoms with van der Waals surface area (Å²) >= 11 is 0. The molecule has 5 nitrogen and oxygen atoms in total. The summed E-state index contributed by atoms with van der Waals surface area (Å²) in [5.41, 5.74) is 1.89. The Morgan fingerprint density at radius 3 is 2.44 bits per heavy atom. The number of nitrogens with zero attached hydrogens (tertiary/aromatic N) is 2. The summed E-state index contributed by atoms with van der Waals surface area (Å²) in [6, 6.07) is 17.3. The van der Waals surface area contributed by atoms with Crippen LogP contribution >= 0.6 is 0 Å². The fraction of sp³-hybridized carbons (Fsp3) is 0.238. The third kappa shape index (κ3) is 5.13. The monoisotopic (exact) mass is 382 g/mol. The average molecular weight is 382 g/mol. The number of allylic oxidation sites excluding steroid dienone is 1. The van der Waals surface area contributed by atoms with E-state index in [-0.39, 0.29) is 0 Å². The zero-order valence-electron chi connectivity index (χ0n) is 15.2. The van der Waals surface area contributed by atoms with Crippen LogP contribution in [-0.2, 0) is 10.0 Å². The highest BCUT2D eigenvalue weighted by Gasteiger charge is 2.25. The zero-order valence-corrected chi connectivity index (χ0v) is 16.0. The van der Waals surface area contributed by atoms with Crippen LogP contribution in [0.25, 0.3) is 0 Å². The molecule has 0 bridgehead atoms. The summed E-state index contributed by atoms with van der Waals surface area (Å²) in [6.07, 6.45) is 1.40. The molecule has 0 unspecified atom stereocenters. The number of anilines is 1. The molecule has 2 aromatic rings. The van der Waals surface area contributed by atoms with Gasteiger partial charge in [0.15, 0.2) is 0 Å². The second-order valence-electron chi connectivity index (χ2n) is 6.07. The number of hydrogen-bond donors (Lipinski definition) is 0. The molecule has 0 atom stereocenters. The van der Waals surface area contributed by atoms with Crippen molar-refractivity contribution in [2.45, 2.75) is 0 Å². The van der Waals surface area contributed by atoms with E-state index in [4.69, 9.17) is 4.74 Å². The van der Waals surface area contributed by atoms with Gasteiger partial charge in [0.1, 0.15) is 5.75 Å². The minimum atomic E-state index is -3.46. The molecule has 1 fully saturated rings. The van der Waals surface area contributed by atoms with Crippen molar-refractivity contribution < 1.29 is 13.2 Å². The van der Waals surface area contributed by atoms with E-state index in [1.807, 2.05) is 54.6 Å². The number of ether oxygens (including phenoxy) is 1. The van der Waals surface area contributed by atoms with Crippen LogP contribution in [0.1, 0.15) is 5.56 Å². The van der Waals surface area contributed by atoms with Crippen LogP contribution < -0.4 is 9.64 Å². The Hall–Kier alpha value is -2.75. The Morgan fingerprint density at radius 2 is 1.74 bits per heavy atom. The summed E-state index contributed by atoms with van der Waals surface area (Å²) in [7, 11) is -1.82. The first-order valence-electron chi connectivity index (χ1n) is 8.71. The van der Waals surface area contributed by atoms with E-state index < -0.39 is 10.0 Å². The van der Waals surface area contributed by atoms with Crippen molar-refractivity contribution in [3.05, 3.63) is 71.6 Å². The lowest BCUT2D eigenvalue weighted by Crippen LogP contribution is -2.48. The fourth-order valence-corrected chi connectivity index (χ4v) is 3.94. The summed E-state index contributed by atoms with van der Waals surface area (Å²) in [6.45, 7) is 2.15. The Balaban J connectivity index is 1.59. The molecule has 27 heavy (non-hydrogen) atoms. The first kappa shape index (κ1) is 19.0. The van der Waals surface area contributed by atoms with Gasteiger partial charge in [0.25, 0.3) is 0 Å². The molecule has 6 heteroatoms. The second-order valence-corrected chi connectivity index (χ2v) is 7.89. The summed E-state index contributed by atoms with van der Waals surface area (Å²) < 4.78 is 31.7. The van der Waals surface area contributed by atoms with Gasteiger partial charge in [-0.05, 0) is 24.3 Å². The number of piperazine rings is 1. The average Bonchev–Trinajstić information content (AvgIpc) is 2.72. The topological polar surface area (TPSA) is 49.9 Å². The summed E-state index contributed by atoms with van der Waals surface area (Å²) in [5.74, 6) is 6.50. The summed E-state index contributed by atoms with van der Waals surface area (Å²) in [4.78, 5) is 2.16. The quantitative estimate of drug-likeness (QED) is 0.763. The molecule has 1 aliphatic rings. The number of hydrogen-bond acceptors (Lipinski definition) is 4. The van der Waals surface area contributed by atoms with Crippen LogP contribution in [0.3, 0.4) is 0 Å². The molecule has 1 heterocycles. The van der Waals surface area contributed by atoms with Gasteiger partial charge in [0.05, 0.1) is 12.5 Å². The maximum atomic E-state index is 12.5. The molecule has 2 aromatic carbocycles. The number of benzene rings is 2. The lowest BCUT2D eigenvalue weighted by Gasteiger charge is -2.34. The van der Waals surface area contributed by atoms with Gasteiger partial charge in [0.2, 0.25) is 10.0 Å². The van der Waals surface area contributed by atoms with Crippen LogP contribution in [0, 0.1) is 11.8 Å². The van der Waals surface area contributed by atoms with Gasteiger partial charge in [-0.25, -0.2) is 8.42 Å². The van der Waals surface area contributed by atoms with E-state index in [0.717, 1.165) is 17.0 Å². The van der Waals surface area contributed by atoms with Gasteiger partial charge in [-0.15, -0.1) is 0 Å². The van der Waals surface area contributed by atoms with Crippen molar-refractivity contribution in [1.82, 2.24) is 4.31 Å². The SMILES string of the molecule is COc1cccc(N2CCN(S(=O)(=O)C=CC#Cc3ccccc3)CC2)c1. The molecule has 140 valence electrons. The number of sulfonamides is 1. The minimum Gasteiger partial charge on any atom is -0.497 e. The lowest BCUT2D eigenvalue weighted by atomic mass is 10.2. The molecule has 0 aromatic heterocycles. The Morgan fingerprint density at radius 1 is 1.00 bits per heavy atom. The largest absolute Gasteiger partial charge is 0.497 e. The standard InChI is InChI=1S/C21H22N2O3S/c1-26-21-12-7-11-20(18-21)22-13-15-23(16-14-22)27(24,25)17-6-5-10-19-8-3-2-4-9-19/h2-4,6-9,11-12,17-18H,13-16H2,1H3. The third-order valence-corrected chi connectivity index (χ3v) is 5.90. The Labute approximate surface area is 160 Å².